The van der Waals surface area contributed by atoms with Crippen molar-refractivity contribution in [3.63, 3.8) is 0 Å². The summed E-state index contributed by atoms with van der Waals surface area (Å²) in [6, 6.07) is 7.50. The molecule has 9 nitrogen and oxygen atoms in total. The van der Waals surface area contributed by atoms with Gasteiger partial charge in [0, 0.05) is 37.9 Å². The molecule has 0 aliphatic carbocycles. The highest BCUT2D eigenvalue weighted by atomic mass is 16.2. The van der Waals surface area contributed by atoms with Gasteiger partial charge < -0.3 is 20.9 Å². The summed E-state index contributed by atoms with van der Waals surface area (Å²) in [5.41, 5.74) is 6.56. The van der Waals surface area contributed by atoms with Crippen LogP contribution >= 0.6 is 0 Å². The van der Waals surface area contributed by atoms with Gasteiger partial charge in [-0.05, 0) is 50.8 Å². The van der Waals surface area contributed by atoms with E-state index in [4.69, 9.17) is 5.73 Å². The van der Waals surface area contributed by atoms with Crippen LogP contribution in [-0.2, 0) is 4.79 Å². The second-order valence-electron chi connectivity index (χ2n) is 8.19. The molecule has 164 valence electrons. The molecule has 1 atom stereocenters. The number of nitrogens with zero attached hydrogens (tertiary/aromatic N) is 4. The molecule has 9 heteroatoms. The lowest BCUT2D eigenvalue weighted by molar-refractivity contribution is -0.134. The van der Waals surface area contributed by atoms with Crippen LogP contribution in [0.3, 0.4) is 0 Å². The number of nitrogens with one attached hydrogen (secondary N) is 1. The van der Waals surface area contributed by atoms with Crippen LogP contribution in [0.15, 0.2) is 35.1 Å². The first-order chi connectivity index (χ1) is 14.9. The number of carbonyl (C=O) groups excluding carboxylic acids is 2. The average Bonchev–Trinajstić information content (AvgIpc) is 3.29. The van der Waals surface area contributed by atoms with Gasteiger partial charge in [-0.2, -0.15) is 0 Å². The Labute approximate surface area is 180 Å². The Morgan fingerprint density at radius 3 is 2.58 bits per heavy atom. The fourth-order valence-corrected chi connectivity index (χ4v) is 4.35. The Kier molecular flexibility index (Phi) is 5.92. The summed E-state index contributed by atoms with van der Waals surface area (Å²) in [5, 5.41) is 2.66. The van der Waals surface area contributed by atoms with Gasteiger partial charge >= 0.3 is 6.03 Å². The van der Waals surface area contributed by atoms with E-state index in [1.54, 1.807) is 31.2 Å². The average molecular weight is 425 g/mol. The highest BCUT2D eigenvalue weighted by Crippen LogP contribution is 2.27. The molecule has 0 saturated carbocycles. The van der Waals surface area contributed by atoms with Crippen molar-refractivity contribution in [2.45, 2.75) is 32.6 Å². The molecule has 4 heterocycles. The minimum atomic E-state index is -0.585. The third-order valence-electron chi connectivity index (χ3n) is 6.02. The lowest BCUT2D eigenvalue weighted by atomic mass is 9.96. The quantitative estimate of drug-likeness (QED) is 0.780. The van der Waals surface area contributed by atoms with Gasteiger partial charge in [-0.25, -0.2) is 14.3 Å². The standard InChI is InChI=1S/C22H28N6O3/c1-15-6-4-8-19(29)28(15)22(31)24-17-9-10-18(25-20(17)23)27-13-5-7-16(14-27)21(30)26-11-2-3-12-26/h4,6,8-10,16H,2-3,5,7,11-14H2,1H3,(H2,23,25)(H,24,31). The number of likely N-dealkylation sites (tertiary alicyclic amines) is 1. The van der Waals surface area contributed by atoms with Gasteiger partial charge in [-0.15, -0.1) is 0 Å². The van der Waals surface area contributed by atoms with Crippen LogP contribution in [0.4, 0.5) is 22.1 Å². The number of pyridine rings is 2. The third-order valence-corrected chi connectivity index (χ3v) is 6.02. The van der Waals surface area contributed by atoms with E-state index in [1.807, 2.05) is 4.90 Å². The molecule has 2 fully saturated rings. The number of hydrogen-bond acceptors (Lipinski definition) is 6. The first-order valence-electron chi connectivity index (χ1n) is 10.7. The molecule has 3 N–H and O–H groups in total. The highest BCUT2D eigenvalue weighted by Gasteiger charge is 2.31. The molecule has 2 aromatic rings. The molecule has 0 bridgehead atoms. The van der Waals surface area contributed by atoms with Crippen molar-refractivity contribution >= 4 is 29.3 Å². The molecule has 0 radical (unpaired) electrons. The van der Waals surface area contributed by atoms with E-state index in [-0.39, 0.29) is 17.6 Å². The first kappa shape index (κ1) is 20.9. The smallest absolute Gasteiger partial charge is 0.333 e. The van der Waals surface area contributed by atoms with Crippen LogP contribution in [-0.4, -0.2) is 52.6 Å². The summed E-state index contributed by atoms with van der Waals surface area (Å²) in [5.74, 6) is 1.06. The van der Waals surface area contributed by atoms with Crippen LogP contribution in [0.5, 0.6) is 0 Å². The van der Waals surface area contributed by atoms with Crippen LogP contribution in [0.2, 0.25) is 0 Å². The Balaban J connectivity index is 1.46. The summed E-state index contributed by atoms with van der Waals surface area (Å²) in [6.07, 6.45) is 3.98. The molecule has 2 amide bonds. The second-order valence-corrected chi connectivity index (χ2v) is 8.19. The Morgan fingerprint density at radius 2 is 1.87 bits per heavy atom. The molecular formula is C22H28N6O3. The monoisotopic (exact) mass is 424 g/mol. The van der Waals surface area contributed by atoms with Crippen molar-refractivity contribution < 1.29 is 9.59 Å². The van der Waals surface area contributed by atoms with E-state index < -0.39 is 11.6 Å². The number of aromatic nitrogens is 2. The van der Waals surface area contributed by atoms with Crippen molar-refractivity contribution in [1.82, 2.24) is 14.5 Å². The fraction of sp³-hybridized carbons (Fsp3) is 0.455. The van der Waals surface area contributed by atoms with Crippen molar-refractivity contribution in [3.8, 4) is 0 Å². The Bertz CT molecular complexity index is 1040. The van der Waals surface area contributed by atoms with Crippen molar-refractivity contribution in [2.75, 3.05) is 42.1 Å². The van der Waals surface area contributed by atoms with E-state index >= 15 is 0 Å². The van der Waals surface area contributed by atoms with Gasteiger partial charge in [0.15, 0.2) is 0 Å². The Hall–Kier alpha value is -3.36. The molecule has 1 unspecified atom stereocenters. The predicted molar refractivity (Wildman–Crippen MR) is 119 cm³/mol. The molecule has 4 rings (SSSR count). The number of aryl methyl sites for hydroxylation is 1. The van der Waals surface area contributed by atoms with Gasteiger partial charge in [-0.1, -0.05) is 6.07 Å². The molecule has 2 aromatic heterocycles. The number of piperidine rings is 1. The molecule has 2 aliphatic rings. The molecule has 2 aliphatic heterocycles. The highest BCUT2D eigenvalue weighted by molar-refractivity contribution is 5.94. The maximum atomic E-state index is 12.8. The Morgan fingerprint density at radius 1 is 1.10 bits per heavy atom. The van der Waals surface area contributed by atoms with E-state index in [0.717, 1.165) is 49.9 Å². The zero-order valence-electron chi connectivity index (χ0n) is 17.7. The van der Waals surface area contributed by atoms with Gasteiger partial charge in [0.2, 0.25) is 5.91 Å². The zero-order chi connectivity index (χ0) is 22.0. The van der Waals surface area contributed by atoms with Gasteiger partial charge in [-0.3, -0.25) is 9.59 Å². The summed E-state index contributed by atoms with van der Waals surface area (Å²) in [6.45, 7) is 4.83. The lowest BCUT2D eigenvalue weighted by Gasteiger charge is -2.34. The van der Waals surface area contributed by atoms with E-state index in [1.165, 1.54) is 6.07 Å². The maximum Gasteiger partial charge on any atom is 0.333 e. The molecule has 0 aromatic carbocycles. The third kappa shape index (κ3) is 4.40. The van der Waals surface area contributed by atoms with Crippen LogP contribution in [0.25, 0.3) is 0 Å². The number of nitrogen functional groups attached to an aromatic ring is 1. The summed E-state index contributed by atoms with van der Waals surface area (Å²) >= 11 is 0. The van der Waals surface area contributed by atoms with Crippen LogP contribution in [0.1, 0.15) is 31.4 Å². The number of anilines is 3. The molecule has 0 spiro atoms. The maximum absolute atomic E-state index is 12.8. The van der Waals surface area contributed by atoms with Gasteiger partial charge in [0.05, 0.1) is 11.6 Å². The van der Waals surface area contributed by atoms with Gasteiger partial charge in [0.25, 0.3) is 5.56 Å². The second kappa shape index (κ2) is 8.79. The summed E-state index contributed by atoms with van der Waals surface area (Å²) < 4.78 is 1.05. The number of rotatable bonds is 3. The predicted octanol–water partition coefficient (Wildman–Crippen LogP) is 2.05. The number of hydrogen-bond donors (Lipinski definition) is 2. The van der Waals surface area contributed by atoms with Crippen LogP contribution in [0, 0.1) is 12.8 Å². The van der Waals surface area contributed by atoms with Crippen molar-refractivity contribution in [3.05, 3.63) is 46.4 Å². The zero-order valence-corrected chi connectivity index (χ0v) is 17.7. The fourth-order valence-electron chi connectivity index (χ4n) is 4.35. The summed E-state index contributed by atoms with van der Waals surface area (Å²) in [7, 11) is 0. The molecule has 2 saturated heterocycles. The minimum Gasteiger partial charge on any atom is -0.382 e. The van der Waals surface area contributed by atoms with E-state index in [9.17, 15) is 14.4 Å². The lowest BCUT2D eigenvalue weighted by Crippen LogP contribution is -2.44. The molecular weight excluding hydrogens is 396 g/mol. The van der Waals surface area contributed by atoms with Crippen LogP contribution < -0.4 is 21.5 Å². The van der Waals surface area contributed by atoms with E-state index in [0.29, 0.717) is 23.7 Å². The van der Waals surface area contributed by atoms with Crippen molar-refractivity contribution in [2.24, 2.45) is 5.92 Å². The number of carbonyl (C=O) groups is 2. The van der Waals surface area contributed by atoms with Gasteiger partial charge in [0.1, 0.15) is 11.6 Å². The SMILES string of the molecule is Cc1cccc(=O)n1C(=O)Nc1ccc(N2CCCC(C(=O)N3CCCC3)C2)nc1N. The minimum absolute atomic E-state index is 0.0258. The first-order valence-corrected chi connectivity index (χ1v) is 10.7. The van der Waals surface area contributed by atoms with E-state index in [2.05, 4.69) is 15.2 Å². The van der Waals surface area contributed by atoms with Crippen molar-refractivity contribution in [1.29, 1.82) is 0 Å². The molecule has 31 heavy (non-hydrogen) atoms. The topological polar surface area (TPSA) is 114 Å². The number of nitrogens with two attached hydrogens (primary N) is 1. The largest absolute Gasteiger partial charge is 0.382 e. The number of amides is 2. The normalized spacial score (nSPS) is 18.8. The summed E-state index contributed by atoms with van der Waals surface area (Å²) in [4.78, 5) is 45.9.